The standard InChI is InChI=1S/C28H46O4/c1-14(2)15(3)25(30)26(31)16(4)18-7-8-19-17-11-22(29)21-12-23-24(32-23)13-28(21,6)20(17)9-10-27(18,19)5/h14-21,23-26,30-31H,7-13H2,1-6H3/t15-,16+,17+,18-,19+,20+,21?,23?,24?,25?,26?,27-,28-/m1/s1. The van der Waals surface area contributed by atoms with Crippen LogP contribution < -0.4 is 0 Å². The first kappa shape index (κ1) is 23.3. The first-order valence-electron chi connectivity index (χ1n) is 13.5. The SMILES string of the molecule is CC(C)[C@@H](C)C(O)C(O)[C@@H](C)[C@H]1CC[C@H]2[C@@H]3CC(=O)C4CC5OC5C[C@]4(C)[C@H]3CC[C@]12C. The van der Waals surface area contributed by atoms with Crippen molar-refractivity contribution in [2.75, 3.05) is 0 Å². The van der Waals surface area contributed by atoms with Crippen molar-refractivity contribution >= 4 is 5.78 Å². The largest absolute Gasteiger partial charge is 0.390 e. The van der Waals surface area contributed by atoms with Crippen molar-refractivity contribution in [2.45, 2.75) is 111 Å². The van der Waals surface area contributed by atoms with E-state index < -0.39 is 12.2 Å². The zero-order valence-electron chi connectivity index (χ0n) is 21.1. The number of aliphatic hydroxyl groups is 2. The van der Waals surface area contributed by atoms with Crippen molar-refractivity contribution in [3.63, 3.8) is 0 Å². The molecule has 4 nitrogen and oxygen atoms in total. The molecule has 4 saturated carbocycles. The van der Waals surface area contributed by atoms with E-state index in [2.05, 4.69) is 41.5 Å². The van der Waals surface area contributed by atoms with Gasteiger partial charge in [-0.15, -0.1) is 0 Å². The van der Waals surface area contributed by atoms with E-state index in [0.717, 1.165) is 25.7 Å². The third-order valence-electron chi connectivity index (χ3n) is 11.9. The van der Waals surface area contributed by atoms with Gasteiger partial charge in [0.25, 0.3) is 0 Å². The van der Waals surface area contributed by atoms with Crippen LogP contribution in [0.5, 0.6) is 0 Å². The van der Waals surface area contributed by atoms with Crippen molar-refractivity contribution in [1.29, 1.82) is 0 Å². The molecular weight excluding hydrogens is 400 g/mol. The summed E-state index contributed by atoms with van der Waals surface area (Å²) in [5.41, 5.74) is 0.282. The summed E-state index contributed by atoms with van der Waals surface area (Å²) < 4.78 is 5.90. The van der Waals surface area contributed by atoms with E-state index in [1.807, 2.05) is 0 Å². The van der Waals surface area contributed by atoms with E-state index >= 15 is 0 Å². The molecule has 1 saturated heterocycles. The topological polar surface area (TPSA) is 70.1 Å². The van der Waals surface area contributed by atoms with E-state index in [0.29, 0.717) is 47.6 Å². The van der Waals surface area contributed by atoms with Crippen molar-refractivity contribution in [3.8, 4) is 0 Å². The average Bonchev–Trinajstić information content (AvgIpc) is 3.39. The van der Waals surface area contributed by atoms with Crippen LogP contribution in [0.25, 0.3) is 0 Å². The summed E-state index contributed by atoms with van der Waals surface area (Å²) in [7, 11) is 0. The Morgan fingerprint density at radius 3 is 2.31 bits per heavy atom. The van der Waals surface area contributed by atoms with E-state index in [1.54, 1.807) is 0 Å². The van der Waals surface area contributed by atoms with Gasteiger partial charge in [-0.3, -0.25) is 4.79 Å². The zero-order chi connectivity index (χ0) is 23.2. The van der Waals surface area contributed by atoms with Gasteiger partial charge >= 0.3 is 0 Å². The zero-order valence-corrected chi connectivity index (χ0v) is 21.1. The molecule has 182 valence electrons. The van der Waals surface area contributed by atoms with Gasteiger partial charge in [-0.2, -0.15) is 0 Å². The van der Waals surface area contributed by atoms with Crippen molar-refractivity contribution < 1.29 is 19.7 Å². The Balaban J connectivity index is 1.36. The molecule has 0 amide bonds. The molecule has 2 N–H and O–H groups in total. The van der Waals surface area contributed by atoms with Crippen molar-refractivity contribution in [1.82, 2.24) is 0 Å². The summed E-state index contributed by atoms with van der Waals surface area (Å²) in [4.78, 5) is 13.4. The number of rotatable bonds is 5. The van der Waals surface area contributed by atoms with Crippen LogP contribution in [-0.2, 0) is 9.53 Å². The van der Waals surface area contributed by atoms with E-state index in [4.69, 9.17) is 4.74 Å². The number of hydrogen-bond donors (Lipinski definition) is 2. The lowest BCUT2D eigenvalue weighted by atomic mass is 9.44. The number of hydrogen-bond acceptors (Lipinski definition) is 4. The highest BCUT2D eigenvalue weighted by molar-refractivity contribution is 5.83. The van der Waals surface area contributed by atoms with Crippen LogP contribution in [0.15, 0.2) is 0 Å². The summed E-state index contributed by atoms with van der Waals surface area (Å²) in [6, 6.07) is 0. The van der Waals surface area contributed by atoms with Crippen LogP contribution in [0.3, 0.4) is 0 Å². The van der Waals surface area contributed by atoms with Gasteiger partial charge in [0.1, 0.15) is 5.78 Å². The van der Waals surface area contributed by atoms with Gasteiger partial charge in [-0.25, -0.2) is 0 Å². The average molecular weight is 447 g/mol. The lowest BCUT2D eigenvalue weighted by molar-refractivity contribution is -0.154. The number of epoxide rings is 1. The summed E-state index contributed by atoms with van der Waals surface area (Å²) in [6.45, 7) is 13.3. The molecule has 4 heteroatoms. The Morgan fingerprint density at radius 2 is 1.62 bits per heavy atom. The molecule has 5 unspecified atom stereocenters. The smallest absolute Gasteiger partial charge is 0.136 e. The molecule has 5 fully saturated rings. The quantitative estimate of drug-likeness (QED) is 0.592. The summed E-state index contributed by atoms with van der Waals surface area (Å²) >= 11 is 0. The summed E-state index contributed by atoms with van der Waals surface area (Å²) in [5, 5.41) is 22.0. The summed E-state index contributed by atoms with van der Waals surface area (Å²) in [6.07, 6.45) is 6.92. The van der Waals surface area contributed by atoms with Crippen LogP contribution in [0.4, 0.5) is 0 Å². The third-order valence-corrected chi connectivity index (χ3v) is 11.9. The molecule has 0 spiro atoms. The second-order valence-electron chi connectivity index (χ2n) is 13.4. The fourth-order valence-corrected chi connectivity index (χ4v) is 9.48. The number of carbonyl (C=O) groups is 1. The second-order valence-corrected chi connectivity index (χ2v) is 13.4. The maximum absolute atomic E-state index is 13.4. The molecule has 5 rings (SSSR count). The number of fused-ring (bicyclic) bond motifs is 6. The molecule has 0 aromatic carbocycles. The number of ether oxygens (including phenoxy) is 1. The van der Waals surface area contributed by atoms with Gasteiger partial charge in [0.05, 0.1) is 24.4 Å². The summed E-state index contributed by atoms with van der Waals surface area (Å²) in [5.74, 6) is 3.34. The Labute approximate surface area is 194 Å². The minimum atomic E-state index is -0.678. The minimum Gasteiger partial charge on any atom is -0.390 e. The van der Waals surface area contributed by atoms with Gasteiger partial charge in [-0.1, -0.05) is 41.5 Å². The first-order valence-corrected chi connectivity index (χ1v) is 13.5. The molecule has 32 heavy (non-hydrogen) atoms. The van der Waals surface area contributed by atoms with Crippen LogP contribution in [0.1, 0.15) is 86.5 Å². The van der Waals surface area contributed by atoms with E-state index in [-0.39, 0.29) is 28.6 Å². The first-order chi connectivity index (χ1) is 15.0. The molecule has 4 aliphatic carbocycles. The van der Waals surface area contributed by atoms with E-state index in [1.165, 1.54) is 19.3 Å². The van der Waals surface area contributed by atoms with Crippen LogP contribution in [0.2, 0.25) is 0 Å². The molecule has 1 aliphatic heterocycles. The highest BCUT2D eigenvalue weighted by atomic mass is 16.6. The highest BCUT2D eigenvalue weighted by Gasteiger charge is 2.66. The van der Waals surface area contributed by atoms with Crippen molar-refractivity contribution in [2.24, 2.45) is 58.2 Å². The number of carbonyl (C=O) groups excluding carboxylic acids is 1. The number of aliphatic hydroxyl groups excluding tert-OH is 2. The lowest BCUT2D eigenvalue weighted by Crippen LogP contribution is -2.57. The Bertz CT molecular complexity index is 750. The molecule has 1 heterocycles. The predicted molar refractivity (Wildman–Crippen MR) is 125 cm³/mol. The Hall–Kier alpha value is -0.450. The molecule has 0 bridgehead atoms. The fraction of sp³-hybridized carbons (Fsp3) is 0.964. The van der Waals surface area contributed by atoms with Gasteiger partial charge in [0, 0.05) is 12.3 Å². The van der Waals surface area contributed by atoms with Gasteiger partial charge in [-0.05, 0) is 90.8 Å². The lowest BCUT2D eigenvalue weighted by Gasteiger charge is -2.59. The van der Waals surface area contributed by atoms with Crippen LogP contribution >= 0.6 is 0 Å². The highest BCUT2D eigenvalue weighted by Crippen LogP contribution is 2.69. The minimum absolute atomic E-state index is 0.0793. The maximum Gasteiger partial charge on any atom is 0.136 e. The van der Waals surface area contributed by atoms with Crippen LogP contribution in [-0.4, -0.2) is 40.4 Å². The number of Topliss-reactive ketones (excluding diaryl/α,β-unsaturated/α-hetero) is 1. The molecule has 13 atom stereocenters. The Kier molecular flexibility index (Phi) is 5.67. The molecule has 0 radical (unpaired) electrons. The monoisotopic (exact) mass is 446 g/mol. The van der Waals surface area contributed by atoms with Gasteiger partial charge < -0.3 is 14.9 Å². The molecular formula is C28H46O4. The second kappa shape index (κ2) is 7.78. The normalized spacial score (nSPS) is 51.2. The third kappa shape index (κ3) is 3.29. The maximum atomic E-state index is 13.4. The number of ketones is 1. The van der Waals surface area contributed by atoms with Gasteiger partial charge in [0.15, 0.2) is 0 Å². The van der Waals surface area contributed by atoms with Crippen molar-refractivity contribution in [3.05, 3.63) is 0 Å². The van der Waals surface area contributed by atoms with E-state index in [9.17, 15) is 15.0 Å². The molecule has 5 aliphatic rings. The van der Waals surface area contributed by atoms with Gasteiger partial charge in [0.2, 0.25) is 0 Å². The molecule has 0 aromatic rings. The predicted octanol–water partition coefficient (Wildman–Crippen LogP) is 4.85. The Morgan fingerprint density at radius 1 is 0.938 bits per heavy atom. The molecule has 0 aromatic heterocycles. The van der Waals surface area contributed by atoms with Crippen LogP contribution in [0, 0.1) is 58.2 Å². The fourth-order valence-electron chi connectivity index (χ4n) is 9.48.